The molecule has 2 rings (SSSR count). The largest absolute Gasteiger partial charge is 0.507 e. The number of allylic oxidation sites excluding steroid dienone is 1. The van der Waals surface area contributed by atoms with Crippen LogP contribution in [0.3, 0.4) is 0 Å². The van der Waals surface area contributed by atoms with E-state index in [0.717, 1.165) is 37.0 Å². The monoisotopic (exact) mass is 272 g/mol. The summed E-state index contributed by atoms with van der Waals surface area (Å²) in [6, 6.07) is 4.09. The Morgan fingerprint density at radius 1 is 1.35 bits per heavy atom. The smallest absolute Gasteiger partial charge is 0.121 e. The second-order valence-electron chi connectivity index (χ2n) is 5.50. The molecule has 20 heavy (non-hydrogen) atoms. The molecule has 0 bridgehead atoms. The molecule has 0 spiro atoms. The van der Waals surface area contributed by atoms with E-state index in [9.17, 15) is 5.11 Å². The zero-order valence-electron chi connectivity index (χ0n) is 12.6. The van der Waals surface area contributed by atoms with Crippen molar-refractivity contribution in [2.75, 3.05) is 6.61 Å². The van der Waals surface area contributed by atoms with Crippen LogP contribution < -0.4 is 0 Å². The van der Waals surface area contributed by atoms with Crippen LogP contribution in [0, 0.1) is 13.8 Å². The zero-order valence-corrected chi connectivity index (χ0v) is 12.6. The molecule has 0 amide bonds. The van der Waals surface area contributed by atoms with Crippen LogP contribution in [-0.4, -0.2) is 17.8 Å². The van der Waals surface area contributed by atoms with Crippen molar-refractivity contribution in [3.8, 4) is 5.75 Å². The highest BCUT2D eigenvalue weighted by molar-refractivity contribution is 5.58. The fraction of sp³-hybridized carbons (Fsp3) is 0.444. The normalized spacial score (nSPS) is 18.8. The third-order valence-electron chi connectivity index (χ3n) is 3.85. The van der Waals surface area contributed by atoms with E-state index in [2.05, 4.69) is 25.2 Å². The summed E-state index contributed by atoms with van der Waals surface area (Å²) in [5.74, 6) is 0.407. The minimum Gasteiger partial charge on any atom is -0.507 e. The van der Waals surface area contributed by atoms with Crippen LogP contribution in [0.4, 0.5) is 0 Å². The van der Waals surface area contributed by atoms with Gasteiger partial charge < -0.3 is 9.84 Å². The third-order valence-corrected chi connectivity index (χ3v) is 3.85. The van der Waals surface area contributed by atoms with Gasteiger partial charge in [-0.05, 0) is 61.9 Å². The van der Waals surface area contributed by atoms with Gasteiger partial charge in [-0.15, -0.1) is 0 Å². The Morgan fingerprint density at radius 2 is 2.05 bits per heavy atom. The molecular formula is C18H24O2. The highest BCUT2D eigenvalue weighted by atomic mass is 16.5. The van der Waals surface area contributed by atoms with Crippen LogP contribution in [0.5, 0.6) is 5.75 Å². The van der Waals surface area contributed by atoms with Gasteiger partial charge in [0.25, 0.3) is 0 Å². The first-order valence-electron chi connectivity index (χ1n) is 7.38. The fourth-order valence-electron chi connectivity index (χ4n) is 2.61. The molecule has 1 heterocycles. The third kappa shape index (κ3) is 3.73. The standard InChI is InChI=1S/C18H24O2/c1-4-15(7-8-17-6-5-9-20-17)12-16-10-13(2)18(19)14(3)11-16/h5-6,10-12,17,19H,4,7-9H2,1-3H3/b15-12+/t17-/m0/s1. The van der Waals surface area contributed by atoms with Gasteiger partial charge in [0.15, 0.2) is 0 Å². The van der Waals surface area contributed by atoms with Crippen molar-refractivity contribution in [1.82, 2.24) is 0 Å². The molecule has 108 valence electrons. The highest BCUT2D eigenvalue weighted by Gasteiger charge is 2.10. The zero-order chi connectivity index (χ0) is 14.5. The minimum absolute atomic E-state index is 0.285. The van der Waals surface area contributed by atoms with E-state index in [1.54, 1.807) is 0 Å². The first kappa shape index (κ1) is 14.9. The van der Waals surface area contributed by atoms with E-state index < -0.39 is 0 Å². The second-order valence-corrected chi connectivity index (χ2v) is 5.50. The molecule has 1 aliphatic heterocycles. The summed E-state index contributed by atoms with van der Waals surface area (Å²) in [6.07, 6.45) is 9.94. The molecule has 1 aromatic carbocycles. The van der Waals surface area contributed by atoms with Crippen LogP contribution in [0.25, 0.3) is 6.08 Å². The van der Waals surface area contributed by atoms with Gasteiger partial charge in [-0.3, -0.25) is 0 Å². The maximum absolute atomic E-state index is 9.82. The van der Waals surface area contributed by atoms with Crippen molar-refractivity contribution in [2.24, 2.45) is 0 Å². The van der Waals surface area contributed by atoms with E-state index in [4.69, 9.17) is 4.74 Å². The summed E-state index contributed by atoms with van der Waals surface area (Å²) >= 11 is 0. The lowest BCUT2D eigenvalue weighted by molar-refractivity contribution is 0.121. The fourth-order valence-corrected chi connectivity index (χ4v) is 2.61. The Labute approximate surface area is 121 Å². The number of hydrogen-bond donors (Lipinski definition) is 1. The summed E-state index contributed by atoms with van der Waals surface area (Å²) in [4.78, 5) is 0. The van der Waals surface area contributed by atoms with Gasteiger partial charge in [-0.25, -0.2) is 0 Å². The molecule has 1 aliphatic rings. The number of aromatic hydroxyl groups is 1. The maximum Gasteiger partial charge on any atom is 0.121 e. The summed E-state index contributed by atoms with van der Waals surface area (Å²) in [6.45, 7) is 6.84. The van der Waals surface area contributed by atoms with E-state index in [0.29, 0.717) is 5.75 Å². The Bertz CT molecular complexity index is 503. The Hall–Kier alpha value is -1.54. The highest BCUT2D eigenvalue weighted by Crippen LogP contribution is 2.25. The van der Waals surface area contributed by atoms with Gasteiger partial charge in [-0.2, -0.15) is 0 Å². The SMILES string of the molecule is CC/C(=C\c1cc(C)c(O)c(C)c1)CC[C@@H]1C=CCO1. The van der Waals surface area contributed by atoms with Crippen LogP contribution in [0.2, 0.25) is 0 Å². The number of aryl methyl sites for hydroxylation is 2. The van der Waals surface area contributed by atoms with Crippen molar-refractivity contribution in [1.29, 1.82) is 0 Å². The van der Waals surface area contributed by atoms with Crippen LogP contribution >= 0.6 is 0 Å². The average molecular weight is 272 g/mol. The molecule has 2 heteroatoms. The number of hydrogen-bond acceptors (Lipinski definition) is 2. The molecule has 1 N–H and O–H groups in total. The molecule has 1 aromatic rings. The Balaban J connectivity index is 2.07. The number of rotatable bonds is 5. The van der Waals surface area contributed by atoms with Gasteiger partial charge >= 0.3 is 0 Å². The number of benzene rings is 1. The second kappa shape index (κ2) is 6.76. The van der Waals surface area contributed by atoms with E-state index in [1.807, 2.05) is 26.0 Å². The molecule has 0 fully saturated rings. The molecule has 0 unspecified atom stereocenters. The predicted octanol–water partition coefficient (Wildman–Crippen LogP) is 4.54. The molecular weight excluding hydrogens is 248 g/mol. The Morgan fingerprint density at radius 3 is 2.60 bits per heavy atom. The van der Waals surface area contributed by atoms with Crippen molar-refractivity contribution < 1.29 is 9.84 Å². The van der Waals surface area contributed by atoms with Crippen molar-refractivity contribution in [3.63, 3.8) is 0 Å². The summed E-state index contributed by atoms with van der Waals surface area (Å²) < 4.78 is 5.58. The molecule has 0 aromatic heterocycles. The van der Waals surface area contributed by atoms with Crippen molar-refractivity contribution in [3.05, 3.63) is 46.5 Å². The van der Waals surface area contributed by atoms with Crippen LogP contribution in [0.1, 0.15) is 42.9 Å². The van der Waals surface area contributed by atoms with Crippen molar-refractivity contribution in [2.45, 2.75) is 46.1 Å². The first-order valence-corrected chi connectivity index (χ1v) is 7.38. The van der Waals surface area contributed by atoms with Gasteiger partial charge in [0, 0.05) is 0 Å². The molecule has 0 aliphatic carbocycles. The number of phenolic OH excluding ortho intramolecular Hbond substituents is 1. The number of phenols is 1. The first-order chi connectivity index (χ1) is 9.60. The van der Waals surface area contributed by atoms with E-state index >= 15 is 0 Å². The van der Waals surface area contributed by atoms with Gasteiger partial charge in [0.1, 0.15) is 5.75 Å². The molecule has 0 saturated carbocycles. The van der Waals surface area contributed by atoms with Crippen molar-refractivity contribution >= 4 is 6.08 Å². The molecule has 1 atom stereocenters. The Kier molecular flexibility index (Phi) is 5.02. The van der Waals surface area contributed by atoms with Gasteiger partial charge in [0.2, 0.25) is 0 Å². The van der Waals surface area contributed by atoms with Gasteiger partial charge in [-0.1, -0.05) is 30.7 Å². The lowest BCUT2D eigenvalue weighted by Gasteiger charge is -2.11. The summed E-state index contributed by atoms with van der Waals surface area (Å²) in [5, 5.41) is 9.82. The van der Waals surface area contributed by atoms with E-state index in [-0.39, 0.29) is 6.10 Å². The minimum atomic E-state index is 0.285. The molecule has 0 radical (unpaired) electrons. The van der Waals surface area contributed by atoms with Crippen LogP contribution in [-0.2, 0) is 4.74 Å². The quantitative estimate of drug-likeness (QED) is 0.797. The summed E-state index contributed by atoms with van der Waals surface area (Å²) in [7, 11) is 0. The lowest BCUT2D eigenvalue weighted by Crippen LogP contribution is -2.04. The predicted molar refractivity (Wildman–Crippen MR) is 84.0 cm³/mol. The molecule has 2 nitrogen and oxygen atoms in total. The van der Waals surface area contributed by atoms with Crippen LogP contribution in [0.15, 0.2) is 29.9 Å². The maximum atomic E-state index is 9.82. The lowest BCUT2D eigenvalue weighted by atomic mass is 9.99. The summed E-state index contributed by atoms with van der Waals surface area (Å²) in [5.41, 5.74) is 4.48. The topological polar surface area (TPSA) is 29.5 Å². The van der Waals surface area contributed by atoms with E-state index in [1.165, 1.54) is 11.1 Å². The van der Waals surface area contributed by atoms with Gasteiger partial charge in [0.05, 0.1) is 12.7 Å². The molecule has 0 saturated heterocycles. The average Bonchev–Trinajstić information content (AvgIpc) is 2.93. The number of ether oxygens (including phenoxy) is 1.